The van der Waals surface area contributed by atoms with Crippen molar-refractivity contribution in [1.82, 2.24) is 9.80 Å². The van der Waals surface area contributed by atoms with Crippen molar-refractivity contribution < 1.29 is 24.2 Å². The summed E-state index contributed by atoms with van der Waals surface area (Å²) in [5.74, 6) is -0.484. The summed E-state index contributed by atoms with van der Waals surface area (Å²) >= 11 is 0. The number of imide groups is 1. The standard InChI is InChI=1S/C23H25N3O5/c1-15(28)24-18-10-8-16(9-11-18)20-21(25(2)12-13-27)23(30)26(22(20)29)14-17-6-4-5-7-19(17)31-3/h4-11,27H,12-14H2,1-3H3,(H,24,28). The van der Waals surface area contributed by atoms with Crippen molar-refractivity contribution in [3.8, 4) is 5.75 Å². The molecule has 2 N–H and O–H groups in total. The summed E-state index contributed by atoms with van der Waals surface area (Å²) < 4.78 is 5.35. The van der Waals surface area contributed by atoms with Crippen LogP contribution in [0.1, 0.15) is 18.1 Å². The number of hydrogen-bond donors (Lipinski definition) is 2. The number of nitrogens with one attached hydrogen (secondary N) is 1. The summed E-state index contributed by atoms with van der Waals surface area (Å²) in [4.78, 5) is 40.6. The molecule has 8 heteroatoms. The fourth-order valence-corrected chi connectivity index (χ4v) is 3.51. The van der Waals surface area contributed by atoms with Crippen molar-refractivity contribution in [1.29, 1.82) is 0 Å². The molecular weight excluding hydrogens is 398 g/mol. The predicted octanol–water partition coefficient (Wildman–Crippen LogP) is 1.86. The maximum absolute atomic E-state index is 13.3. The Morgan fingerprint density at radius 2 is 1.77 bits per heavy atom. The van der Waals surface area contributed by atoms with Gasteiger partial charge in [-0.1, -0.05) is 30.3 Å². The predicted molar refractivity (Wildman–Crippen MR) is 116 cm³/mol. The number of aliphatic hydroxyl groups is 1. The van der Waals surface area contributed by atoms with Crippen molar-refractivity contribution in [2.24, 2.45) is 0 Å². The van der Waals surface area contributed by atoms with E-state index in [2.05, 4.69) is 5.32 Å². The van der Waals surface area contributed by atoms with Crippen LogP contribution in [0.5, 0.6) is 5.75 Å². The topological polar surface area (TPSA) is 99.2 Å². The summed E-state index contributed by atoms with van der Waals surface area (Å²) in [6.07, 6.45) is 0. The number of ether oxygens (including phenoxy) is 1. The second-order valence-electron chi connectivity index (χ2n) is 7.14. The SMILES string of the molecule is COc1ccccc1CN1C(=O)C(c2ccc(NC(C)=O)cc2)=C(N(C)CCO)C1=O. The lowest BCUT2D eigenvalue weighted by Gasteiger charge is -2.21. The first-order valence-electron chi connectivity index (χ1n) is 9.79. The quantitative estimate of drug-likeness (QED) is 0.629. The van der Waals surface area contributed by atoms with Gasteiger partial charge in [0, 0.05) is 31.8 Å². The number of aliphatic hydroxyl groups excluding tert-OH is 1. The third-order valence-electron chi connectivity index (χ3n) is 4.98. The van der Waals surface area contributed by atoms with Gasteiger partial charge in [-0.2, -0.15) is 0 Å². The smallest absolute Gasteiger partial charge is 0.278 e. The highest BCUT2D eigenvalue weighted by atomic mass is 16.5. The zero-order valence-corrected chi connectivity index (χ0v) is 17.7. The van der Waals surface area contributed by atoms with Gasteiger partial charge in [-0.15, -0.1) is 0 Å². The number of nitrogens with zero attached hydrogens (tertiary/aromatic N) is 2. The van der Waals surface area contributed by atoms with Gasteiger partial charge in [0.1, 0.15) is 11.4 Å². The molecule has 0 radical (unpaired) electrons. The molecule has 0 fully saturated rings. The minimum absolute atomic E-state index is 0.0611. The lowest BCUT2D eigenvalue weighted by Crippen LogP contribution is -2.34. The Hall–Kier alpha value is -3.65. The first kappa shape index (κ1) is 22.0. The minimum Gasteiger partial charge on any atom is -0.496 e. The van der Waals surface area contributed by atoms with Crippen molar-refractivity contribution in [3.63, 3.8) is 0 Å². The highest BCUT2D eigenvalue weighted by molar-refractivity contribution is 6.35. The van der Waals surface area contributed by atoms with Gasteiger partial charge >= 0.3 is 0 Å². The lowest BCUT2D eigenvalue weighted by atomic mass is 10.0. The number of anilines is 1. The molecular formula is C23H25N3O5. The zero-order chi connectivity index (χ0) is 22.5. The van der Waals surface area contributed by atoms with Crippen molar-refractivity contribution >= 4 is 29.0 Å². The molecule has 1 heterocycles. The van der Waals surface area contributed by atoms with E-state index in [4.69, 9.17) is 4.74 Å². The van der Waals surface area contributed by atoms with E-state index in [0.717, 1.165) is 0 Å². The number of amides is 3. The van der Waals surface area contributed by atoms with Crippen LogP contribution < -0.4 is 10.1 Å². The Balaban J connectivity index is 2.00. The van der Waals surface area contributed by atoms with Crippen LogP contribution in [0.15, 0.2) is 54.2 Å². The Morgan fingerprint density at radius 3 is 2.39 bits per heavy atom. The number of carbonyl (C=O) groups is 3. The molecule has 1 aliphatic heterocycles. The maximum Gasteiger partial charge on any atom is 0.278 e. The van der Waals surface area contributed by atoms with Gasteiger partial charge in [-0.25, -0.2) is 0 Å². The first-order valence-corrected chi connectivity index (χ1v) is 9.79. The molecule has 0 spiro atoms. The van der Waals surface area contributed by atoms with E-state index in [1.54, 1.807) is 48.3 Å². The molecule has 0 bridgehead atoms. The van der Waals surface area contributed by atoms with Gasteiger partial charge < -0.3 is 20.1 Å². The van der Waals surface area contributed by atoms with Gasteiger partial charge in [0.15, 0.2) is 0 Å². The van der Waals surface area contributed by atoms with E-state index in [9.17, 15) is 19.5 Å². The first-order chi connectivity index (χ1) is 14.9. The van der Waals surface area contributed by atoms with E-state index in [1.807, 2.05) is 12.1 Å². The number of hydrogen-bond acceptors (Lipinski definition) is 6. The largest absolute Gasteiger partial charge is 0.496 e. The summed E-state index contributed by atoms with van der Waals surface area (Å²) in [6.45, 7) is 1.51. The van der Waals surface area contributed by atoms with E-state index >= 15 is 0 Å². The lowest BCUT2D eigenvalue weighted by molar-refractivity contribution is -0.138. The number of carbonyl (C=O) groups excluding carboxylic acids is 3. The molecule has 1 aliphatic rings. The third-order valence-corrected chi connectivity index (χ3v) is 4.98. The summed E-state index contributed by atoms with van der Waals surface area (Å²) in [6, 6.07) is 13.9. The van der Waals surface area contributed by atoms with Crippen LogP contribution in [0.25, 0.3) is 5.57 Å². The monoisotopic (exact) mass is 423 g/mol. The third kappa shape index (κ3) is 4.59. The maximum atomic E-state index is 13.3. The van der Waals surface area contributed by atoms with Gasteiger partial charge in [-0.3, -0.25) is 19.3 Å². The van der Waals surface area contributed by atoms with Crippen LogP contribution in [0.2, 0.25) is 0 Å². The molecule has 0 saturated heterocycles. The van der Waals surface area contributed by atoms with Gasteiger partial charge in [-0.05, 0) is 23.8 Å². The molecule has 31 heavy (non-hydrogen) atoms. The second-order valence-corrected chi connectivity index (χ2v) is 7.14. The number of methoxy groups -OCH3 is 1. The van der Waals surface area contributed by atoms with E-state index in [1.165, 1.54) is 18.9 Å². The normalized spacial score (nSPS) is 13.6. The number of likely N-dealkylation sites (N-methyl/N-ethyl adjacent to an activating group) is 1. The zero-order valence-electron chi connectivity index (χ0n) is 17.7. The molecule has 3 amide bonds. The number of rotatable bonds is 8. The number of para-hydroxylation sites is 1. The van der Waals surface area contributed by atoms with E-state index in [0.29, 0.717) is 22.6 Å². The fourth-order valence-electron chi connectivity index (χ4n) is 3.51. The Morgan fingerprint density at radius 1 is 1.10 bits per heavy atom. The second kappa shape index (κ2) is 9.44. The molecule has 3 rings (SSSR count). The van der Waals surface area contributed by atoms with Crippen LogP contribution in [0.4, 0.5) is 5.69 Å². The highest BCUT2D eigenvalue weighted by Gasteiger charge is 2.40. The molecule has 2 aromatic carbocycles. The Kier molecular flexibility index (Phi) is 6.71. The average Bonchev–Trinajstić information content (AvgIpc) is 2.99. The molecule has 0 unspecified atom stereocenters. The Labute approximate surface area is 180 Å². The molecule has 2 aromatic rings. The van der Waals surface area contributed by atoms with Gasteiger partial charge in [0.2, 0.25) is 5.91 Å². The molecule has 0 saturated carbocycles. The average molecular weight is 423 g/mol. The summed E-state index contributed by atoms with van der Waals surface area (Å²) in [5.41, 5.74) is 2.32. The Bertz CT molecular complexity index is 1030. The van der Waals surface area contributed by atoms with Gasteiger partial charge in [0.05, 0.1) is 25.8 Å². The molecule has 162 valence electrons. The molecule has 0 aromatic heterocycles. The van der Waals surface area contributed by atoms with Crippen molar-refractivity contribution in [3.05, 3.63) is 65.4 Å². The minimum atomic E-state index is -0.437. The van der Waals surface area contributed by atoms with Crippen LogP contribution >= 0.6 is 0 Å². The molecule has 8 nitrogen and oxygen atoms in total. The van der Waals surface area contributed by atoms with E-state index in [-0.39, 0.29) is 36.9 Å². The highest BCUT2D eigenvalue weighted by Crippen LogP contribution is 2.33. The fraction of sp³-hybridized carbons (Fsp3) is 0.261. The van der Waals surface area contributed by atoms with E-state index < -0.39 is 11.8 Å². The summed E-state index contributed by atoms with van der Waals surface area (Å²) in [7, 11) is 3.20. The van der Waals surface area contributed by atoms with Crippen LogP contribution in [0.3, 0.4) is 0 Å². The van der Waals surface area contributed by atoms with Gasteiger partial charge in [0.25, 0.3) is 11.8 Å². The van der Waals surface area contributed by atoms with Crippen molar-refractivity contribution in [2.75, 3.05) is 32.6 Å². The molecule has 0 atom stereocenters. The van der Waals surface area contributed by atoms with Crippen molar-refractivity contribution in [2.45, 2.75) is 13.5 Å². The number of benzene rings is 2. The van der Waals surface area contributed by atoms with Crippen LogP contribution in [-0.2, 0) is 20.9 Å². The summed E-state index contributed by atoms with van der Waals surface area (Å²) in [5, 5.41) is 12.0. The molecule has 0 aliphatic carbocycles. The van der Waals surface area contributed by atoms with Crippen LogP contribution in [-0.4, -0.2) is 59.9 Å². The van der Waals surface area contributed by atoms with Crippen LogP contribution in [0, 0.1) is 0 Å².